The van der Waals surface area contributed by atoms with Gasteiger partial charge in [-0.25, -0.2) is 4.39 Å². The number of nitrogens with one attached hydrogen (secondary N) is 1. The van der Waals surface area contributed by atoms with E-state index in [4.69, 9.17) is 14.0 Å². The van der Waals surface area contributed by atoms with Gasteiger partial charge < -0.3 is 19.3 Å². The first kappa shape index (κ1) is 19.7. The number of carbonyl (C=O) groups is 1. The molecular weight excluding hydrogens is 385 g/mol. The van der Waals surface area contributed by atoms with Crippen molar-refractivity contribution in [2.45, 2.75) is 5.75 Å². The van der Waals surface area contributed by atoms with Crippen LogP contribution < -0.4 is 14.8 Å². The van der Waals surface area contributed by atoms with Crippen LogP contribution in [0.3, 0.4) is 0 Å². The lowest BCUT2D eigenvalue weighted by Gasteiger charge is -2.10. The van der Waals surface area contributed by atoms with Crippen molar-refractivity contribution in [3.05, 3.63) is 54.2 Å². The highest BCUT2D eigenvalue weighted by molar-refractivity contribution is 7.99. The van der Waals surface area contributed by atoms with E-state index in [1.165, 1.54) is 31.0 Å². The molecule has 0 unspecified atom stereocenters. The third-order valence-electron chi connectivity index (χ3n) is 3.68. The molecule has 0 fully saturated rings. The van der Waals surface area contributed by atoms with Crippen LogP contribution in [0, 0.1) is 5.82 Å². The highest BCUT2D eigenvalue weighted by Crippen LogP contribution is 2.29. The second kappa shape index (κ2) is 9.23. The van der Waals surface area contributed by atoms with E-state index >= 15 is 0 Å². The van der Waals surface area contributed by atoms with Crippen LogP contribution in [0.15, 0.2) is 47.0 Å². The molecule has 28 heavy (non-hydrogen) atoms. The molecule has 3 rings (SSSR count). The number of carbonyl (C=O) groups excluding carboxylic acids is 1. The van der Waals surface area contributed by atoms with E-state index in [1.54, 1.807) is 37.4 Å². The zero-order valence-corrected chi connectivity index (χ0v) is 16.1. The molecule has 0 bridgehead atoms. The fourth-order valence-electron chi connectivity index (χ4n) is 2.40. The van der Waals surface area contributed by atoms with Crippen molar-refractivity contribution in [2.24, 2.45) is 0 Å². The Morgan fingerprint density at radius 3 is 2.75 bits per heavy atom. The second-order valence-corrected chi connectivity index (χ2v) is 6.62. The number of thioether (sulfide) groups is 1. The van der Waals surface area contributed by atoms with Crippen molar-refractivity contribution < 1.29 is 23.2 Å². The van der Waals surface area contributed by atoms with E-state index < -0.39 is 0 Å². The minimum absolute atomic E-state index is 0.179. The molecule has 1 N–H and O–H groups in total. The maximum atomic E-state index is 13.3. The number of benzene rings is 2. The van der Waals surface area contributed by atoms with Crippen LogP contribution in [0.4, 0.5) is 10.1 Å². The standard InChI is InChI=1S/C19H18FN3O4S/c1-25-15-7-6-14(9-16(15)26-2)21-17(24)10-28-11-18-22-19(23-27-18)12-4-3-5-13(20)8-12/h3-9H,10-11H2,1-2H3,(H,21,24). The summed E-state index contributed by atoms with van der Waals surface area (Å²) in [5, 5.41) is 6.62. The number of nitrogens with zero attached hydrogens (tertiary/aromatic N) is 2. The number of aromatic nitrogens is 2. The number of rotatable bonds is 8. The van der Waals surface area contributed by atoms with E-state index in [0.717, 1.165) is 0 Å². The van der Waals surface area contributed by atoms with Crippen LogP contribution >= 0.6 is 11.8 Å². The summed E-state index contributed by atoms with van der Waals surface area (Å²) in [6, 6.07) is 11.1. The monoisotopic (exact) mass is 403 g/mol. The Morgan fingerprint density at radius 2 is 2.00 bits per heavy atom. The van der Waals surface area contributed by atoms with Crippen molar-refractivity contribution in [1.29, 1.82) is 0 Å². The average Bonchev–Trinajstić information content (AvgIpc) is 3.17. The lowest BCUT2D eigenvalue weighted by molar-refractivity contribution is -0.113. The predicted molar refractivity (Wildman–Crippen MR) is 104 cm³/mol. The van der Waals surface area contributed by atoms with Gasteiger partial charge in [-0.3, -0.25) is 4.79 Å². The third-order valence-corrected chi connectivity index (χ3v) is 4.59. The van der Waals surface area contributed by atoms with Crippen LogP contribution in [-0.2, 0) is 10.5 Å². The first-order valence-electron chi connectivity index (χ1n) is 8.27. The number of halogens is 1. The van der Waals surface area contributed by atoms with Crippen molar-refractivity contribution >= 4 is 23.4 Å². The Hall–Kier alpha value is -3.07. The van der Waals surface area contributed by atoms with Gasteiger partial charge in [0.05, 0.1) is 25.7 Å². The molecular formula is C19H18FN3O4S. The van der Waals surface area contributed by atoms with Crippen LogP contribution in [0.5, 0.6) is 11.5 Å². The van der Waals surface area contributed by atoms with E-state index in [2.05, 4.69) is 15.5 Å². The van der Waals surface area contributed by atoms with E-state index in [-0.39, 0.29) is 17.5 Å². The molecule has 9 heteroatoms. The summed E-state index contributed by atoms with van der Waals surface area (Å²) in [6.45, 7) is 0. The summed E-state index contributed by atoms with van der Waals surface area (Å²) in [5.74, 6) is 1.80. The molecule has 0 radical (unpaired) electrons. The Bertz CT molecular complexity index is 964. The minimum Gasteiger partial charge on any atom is -0.493 e. The van der Waals surface area contributed by atoms with Crippen molar-refractivity contribution in [1.82, 2.24) is 10.1 Å². The molecule has 0 aliphatic rings. The molecule has 1 heterocycles. The van der Waals surface area contributed by atoms with Gasteiger partial charge in [-0.15, -0.1) is 11.8 Å². The number of methoxy groups -OCH3 is 2. The van der Waals surface area contributed by atoms with Crippen molar-refractivity contribution in [2.75, 3.05) is 25.3 Å². The first-order chi connectivity index (χ1) is 13.6. The Kier molecular flexibility index (Phi) is 6.49. The molecule has 0 saturated carbocycles. The van der Waals surface area contributed by atoms with E-state index in [1.807, 2.05) is 0 Å². The third kappa shape index (κ3) is 5.01. The summed E-state index contributed by atoms with van der Waals surface area (Å²) in [7, 11) is 3.08. The Labute approximate surface area is 165 Å². The fraction of sp³-hybridized carbons (Fsp3) is 0.211. The molecule has 3 aromatic rings. The summed E-state index contributed by atoms with van der Waals surface area (Å²) in [6.07, 6.45) is 0. The molecule has 0 saturated heterocycles. The summed E-state index contributed by atoms with van der Waals surface area (Å²) < 4.78 is 28.8. The average molecular weight is 403 g/mol. The highest BCUT2D eigenvalue weighted by Gasteiger charge is 2.11. The zero-order chi connectivity index (χ0) is 19.9. The van der Waals surface area contributed by atoms with Gasteiger partial charge in [0, 0.05) is 17.3 Å². The highest BCUT2D eigenvalue weighted by atomic mass is 32.2. The number of amides is 1. The lowest BCUT2D eigenvalue weighted by atomic mass is 10.2. The quantitative estimate of drug-likeness (QED) is 0.613. The van der Waals surface area contributed by atoms with Gasteiger partial charge in [0.2, 0.25) is 17.6 Å². The number of ether oxygens (including phenoxy) is 2. The van der Waals surface area contributed by atoms with Crippen LogP contribution in [0.2, 0.25) is 0 Å². The molecule has 0 atom stereocenters. The van der Waals surface area contributed by atoms with Gasteiger partial charge in [-0.2, -0.15) is 4.98 Å². The predicted octanol–water partition coefficient (Wildman–Crippen LogP) is 3.76. The van der Waals surface area contributed by atoms with Gasteiger partial charge in [0.25, 0.3) is 0 Å². The van der Waals surface area contributed by atoms with Gasteiger partial charge in [0.15, 0.2) is 11.5 Å². The Balaban J connectivity index is 1.51. The van der Waals surface area contributed by atoms with Crippen LogP contribution in [0.1, 0.15) is 5.89 Å². The molecule has 0 spiro atoms. The molecule has 0 aliphatic carbocycles. The van der Waals surface area contributed by atoms with Crippen molar-refractivity contribution in [3.8, 4) is 22.9 Å². The number of hydrogen-bond donors (Lipinski definition) is 1. The topological polar surface area (TPSA) is 86.5 Å². The fourth-order valence-corrected chi connectivity index (χ4v) is 3.05. The maximum absolute atomic E-state index is 13.3. The van der Waals surface area contributed by atoms with Gasteiger partial charge in [-0.1, -0.05) is 17.3 Å². The van der Waals surface area contributed by atoms with Gasteiger partial charge in [-0.05, 0) is 24.3 Å². The molecule has 1 amide bonds. The minimum atomic E-state index is -0.370. The molecule has 7 nitrogen and oxygen atoms in total. The largest absolute Gasteiger partial charge is 0.493 e. The number of hydrogen-bond acceptors (Lipinski definition) is 7. The normalized spacial score (nSPS) is 10.5. The van der Waals surface area contributed by atoms with Gasteiger partial charge >= 0.3 is 0 Å². The second-order valence-electron chi connectivity index (χ2n) is 5.63. The van der Waals surface area contributed by atoms with Gasteiger partial charge in [0.1, 0.15) is 5.82 Å². The summed E-state index contributed by atoms with van der Waals surface area (Å²) in [5.41, 5.74) is 1.14. The molecule has 0 aliphatic heterocycles. The van der Waals surface area contributed by atoms with Crippen molar-refractivity contribution in [3.63, 3.8) is 0 Å². The number of anilines is 1. The Morgan fingerprint density at radius 1 is 1.18 bits per heavy atom. The van der Waals surface area contributed by atoms with Crippen LogP contribution in [0.25, 0.3) is 11.4 Å². The SMILES string of the molecule is COc1ccc(NC(=O)CSCc2nc(-c3cccc(F)c3)no2)cc1OC. The lowest BCUT2D eigenvalue weighted by Crippen LogP contribution is -2.14. The summed E-state index contributed by atoms with van der Waals surface area (Å²) >= 11 is 1.32. The van der Waals surface area contributed by atoms with Crippen LogP contribution in [-0.4, -0.2) is 36.0 Å². The maximum Gasteiger partial charge on any atom is 0.236 e. The zero-order valence-electron chi connectivity index (χ0n) is 15.3. The molecule has 2 aromatic carbocycles. The van der Waals surface area contributed by atoms with E-state index in [0.29, 0.717) is 40.2 Å². The smallest absolute Gasteiger partial charge is 0.236 e. The summed E-state index contributed by atoms with van der Waals surface area (Å²) in [4.78, 5) is 16.3. The molecule has 1 aromatic heterocycles. The van der Waals surface area contributed by atoms with E-state index in [9.17, 15) is 9.18 Å². The first-order valence-corrected chi connectivity index (χ1v) is 9.42. The molecule has 146 valence electrons.